The molecule has 1 unspecified atom stereocenters. The van der Waals surface area contributed by atoms with Gasteiger partial charge in [-0.25, -0.2) is 0 Å². The maximum absolute atomic E-state index is 11.8. The Labute approximate surface area is 112 Å². The van der Waals surface area contributed by atoms with Gasteiger partial charge in [-0.1, -0.05) is 6.07 Å². The average molecular weight is 264 g/mol. The van der Waals surface area contributed by atoms with Crippen molar-refractivity contribution in [3.05, 3.63) is 23.8 Å². The number of nitrogens with zero attached hydrogens (tertiary/aromatic N) is 1. The van der Waals surface area contributed by atoms with E-state index in [1.807, 2.05) is 25.1 Å². The van der Waals surface area contributed by atoms with Crippen LogP contribution in [0.1, 0.15) is 18.4 Å². The average Bonchev–Trinajstić information content (AvgIpc) is 2.82. The molecule has 5 heteroatoms. The number of hydrogen-bond acceptors (Lipinski definition) is 4. The minimum absolute atomic E-state index is 0.134. The Morgan fingerprint density at radius 3 is 2.89 bits per heavy atom. The van der Waals surface area contributed by atoms with Crippen LogP contribution in [0.25, 0.3) is 0 Å². The molecule has 1 amide bonds. The molecule has 1 aromatic rings. The van der Waals surface area contributed by atoms with Crippen LogP contribution >= 0.6 is 0 Å². The van der Waals surface area contributed by atoms with Crippen LogP contribution in [0.4, 0.5) is 11.4 Å². The Balaban J connectivity index is 2.20. The lowest BCUT2D eigenvalue weighted by atomic mass is 10.1. The summed E-state index contributed by atoms with van der Waals surface area (Å²) in [6.45, 7) is 2.69. The molecule has 1 heterocycles. The number of nitrogens with one attached hydrogen (secondary N) is 1. The van der Waals surface area contributed by atoms with Crippen LogP contribution in [-0.2, 0) is 4.79 Å². The van der Waals surface area contributed by atoms with Crippen LogP contribution in [0.15, 0.2) is 18.2 Å². The van der Waals surface area contributed by atoms with E-state index in [1.165, 1.54) is 0 Å². The van der Waals surface area contributed by atoms with Crippen molar-refractivity contribution in [2.45, 2.75) is 25.9 Å². The highest BCUT2D eigenvalue weighted by Gasteiger charge is 2.23. The number of carbonyl (C=O) groups is 1. The summed E-state index contributed by atoms with van der Waals surface area (Å²) in [6, 6.07) is 5.84. The van der Waals surface area contributed by atoms with E-state index in [9.17, 15) is 9.90 Å². The predicted molar refractivity (Wildman–Crippen MR) is 74.3 cm³/mol. The van der Waals surface area contributed by atoms with Gasteiger partial charge in [-0.15, -0.1) is 0 Å². The van der Waals surface area contributed by atoms with Crippen molar-refractivity contribution in [1.82, 2.24) is 0 Å². The van der Waals surface area contributed by atoms with Gasteiger partial charge < -0.3 is 20.4 Å². The summed E-state index contributed by atoms with van der Waals surface area (Å²) < 4.78 is 0. The first-order valence-electron chi connectivity index (χ1n) is 6.55. The zero-order valence-electron chi connectivity index (χ0n) is 11.1. The lowest BCUT2D eigenvalue weighted by Gasteiger charge is -2.21. The summed E-state index contributed by atoms with van der Waals surface area (Å²) in [5.74, 6) is 0.134. The van der Waals surface area contributed by atoms with Gasteiger partial charge in [0.15, 0.2) is 0 Å². The van der Waals surface area contributed by atoms with Crippen LogP contribution in [0.2, 0.25) is 0 Å². The van der Waals surface area contributed by atoms with Gasteiger partial charge in [0.1, 0.15) is 0 Å². The fraction of sp³-hybridized carbons (Fsp3) is 0.500. The Bertz CT molecular complexity index is 462. The van der Waals surface area contributed by atoms with Crippen LogP contribution in [-0.4, -0.2) is 41.9 Å². The number of anilines is 2. The molecular formula is C14H20N2O3. The van der Waals surface area contributed by atoms with E-state index < -0.39 is 6.10 Å². The van der Waals surface area contributed by atoms with Gasteiger partial charge in [0, 0.05) is 19.5 Å². The summed E-state index contributed by atoms with van der Waals surface area (Å²) in [4.78, 5) is 13.6. The third-order valence-corrected chi connectivity index (χ3v) is 3.26. The second kappa shape index (κ2) is 6.04. The molecule has 19 heavy (non-hydrogen) atoms. The summed E-state index contributed by atoms with van der Waals surface area (Å²) in [6.07, 6.45) is 0.667. The van der Waals surface area contributed by atoms with E-state index in [1.54, 1.807) is 4.90 Å². The molecule has 5 nitrogen and oxygen atoms in total. The van der Waals surface area contributed by atoms with Crippen molar-refractivity contribution in [2.24, 2.45) is 0 Å². The molecule has 0 aliphatic carbocycles. The number of amides is 1. The zero-order valence-corrected chi connectivity index (χ0v) is 11.1. The first-order chi connectivity index (χ1) is 9.11. The first kappa shape index (κ1) is 13.8. The molecule has 1 aliphatic heterocycles. The molecule has 104 valence electrons. The SMILES string of the molecule is Cc1ccc(N2CCCC2=O)c(NCC(O)CO)c1. The molecule has 1 atom stereocenters. The van der Waals surface area contributed by atoms with Crippen molar-refractivity contribution >= 4 is 17.3 Å². The molecule has 1 aromatic carbocycles. The molecule has 0 radical (unpaired) electrons. The van der Waals surface area contributed by atoms with Crippen LogP contribution in [0.5, 0.6) is 0 Å². The van der Waals surface area contributed by atoms with E-state index in [0.29, 0.717) is 6.42 Å². The van der Waals surface area contributed by atoms with E-state index >= 15 is 0 Å². The fourth-order valence-corrected chi connectivity index (χ4v) is 2.22. The Hall–Kier alpha value is -1.59. The topological polar surface area (TPSA) is 72.8 Å². The monoisotopic (exact) mass is 264 g/mol. The maximum Gasteiger partial charge on any atom is 0.227 e. The molecule has 0 aromatic heterocycles. The van der Waals surface area contributed by atoms with Crippen molar-refractivity contribution in [2.75, 3.05) is 29.9 Å². The Morgan fingerprint density at radius 2 is 2.26 bits per heavy atom. The van der Waals surface area contributed by atoms with E-state index in [4.69, 9.17) is 5.11 Å². The van der Waals surface area contributed by atoms with Crippen LogP contribution < -0.4 is 10.2 Å². The number of carbonyl (C=O) groups excluding carboxylic acids is 1. The number of hydrogen-bond donors (Lipinski definition) is 3. The maximum atomic E-state index is 11.8. The second-order valence-corrected chi connectivity index (χ2v) is 4.89. The minimum atomic E-state index is -0.803. The van der Waals surface area contributed by atoms with Crippen molar-refractivity contribution in [1.29, 1.82) is 0 Å². The number of aliphatic hydroxyl groups is 2. The van der Waals surface area contributed by atoms with Gasteiger partial charge in [-0.2, -0.15) is 0 Å². The van der Waals surface area contributed by atoms with Crippen LogP contribution in [0.3, 0.4) is 0 Å². The quantitative estimate of drug-likeness (QED) is 0.738. The highest BCUT2D eigenvalue weighted by Crippen LogP contribution is 2.30. The summed E-state index contributed by atoms with van der Waals surface area (Å²) in [5, 5.41) is 21.3. The predicted octanol–water partition coefficient (Wildman–Crippen LogP) is 0.887. The molecule has 1 fully saturated rings. The third-order valence-electron chi connectivity index (χ3n) is 3.26. The molecule has 0 bridgehead atoms. The molecule has 0 spiro atoms. The van der Waals surface area contributed by atoms with E-state index in [2.05, 4.69) is 5.32 Å². The lowest BCUT2D eigenvalue weighted by molar-refractivity contribution is -0.117. The summed E-state index contributed by atoms with van der Waals surface area (Å²) >= 11 is 0. The Kier molecular flexibility index (Phi) is 4.39. The van der Waals surface area contributed by atoms with Crippen LogP contribution in [0, 0.1) is 6.92 Å². The molecule has 3 N–H and O–H groups in total. The molecule has 1 saturated heterocycles. The first-order valence-corrected chi connectivity index (χ1v) is 6.55. The zero-order chi connectivity index (χ0) is 13.8. The number of benzene rings is 1. The molecule has 2 rings (SSSR count). The minimum Gasteiger partial charge on any atom is -0.394 e. The summed E-state index contributed by atoms with van der Waals surface area (Å²) in [7, 11) is 0. The Morgan fingerprint density at radius 1 is 1.47 bits per heavy atom. The van der Waals surface area contributed by atoms with Gasteiger partial charge in [-0.3, -0.25) is 4.79 Å². The standard InChI is InChI=1S/C14H20N2O3/c1-10-4-5-13(16-6-2-3-14(16)19)12(7-10)15-8-11(18)9-17/h4-5,7,11,15,17-18H,2-3,6,8-9H2,1H3. The normalized spacial score (nSPS) is 16.8. The van der Waals surface area contributed by atoms with Gasteiger partial charge in [0.25, 0.3) is 0 Å². The smallest absolute Gasteiger partial charge is 0.227 e. The van der Waals surface area contributed by atoms with Gasteiger partial charge in [0.05, 0.1) is 24.1 Å². The molecule has 1 aliphatic rings. The highest BCUT2D eigenvalue weighted by atomic mass is 16.3. The summed E-state index contributed by atoms with van der Waals surface area (Å²) in [5.41, 5.74) is 2.75. The van der Waals surface area contributed by atoms with Gasteiger partial charge in [-0.05, 0) is 31.0 Å². The number of aryl methyl sites for hydroxylation is 1. The van der Waals surface area contributed by atoms with E-state index in [-0.39, 0.29) is 19.1 Å². The van der Waals surface area contributed by atoms with Crippen molar-refractivity contribution < 1.29 is 15.0 Å². The van der Waals surface area contributed by atoms with Gasteiger partial charge in [0.2, 0.25) is 5.91 Å². The lowest BCUT2D eigenvalue weighted by Crippen LogP contribution is -2.27. The molecular weight excluding hydrogens is 244 g/mol. The number of rotatable bonds is 5. The third kappa shape index (κ3) is 3.24. The number of aliphatic hydroxyl groups excluding tert-OH is 2. The molecule has 0 saturated carbocycles. The fourth-order valence-electron chi connectivity index (χ4n) is 2.22. The van der Waals surface area contributed by atoms with E-state index in [0.717, 1.165) is 29.9 Å². The van der Waals surface area contributed by atoms with Gasteiger partial charge >= 0.3 is 0 Å². The van der Waals surface area contributed by atoms with Crippen molar-refractivity contribution in [3.8, 4) is 0 Å². The second-order valence-electron chi connectivity index (χ2n) is 4.89. The largest absolute Gasteiger partial charge is 0.394 e. The van der Waals surface area contributed by atoms with Crippen molar-refractivity contribution in [3.63, 3.8) is 0 Å². The highest BCUT2D eigenvalue weighted by molar-refractivity contribution is 5.98.